The highest BCUT2D eigenvalue weighted by molar-refractivity contribution is 7.18. The van der Waals surface area contributed by atoms with Crippen LogP contribution in [0.4, 0.5) is 5.00 Å². The zero-order valence-corrected chi connectivity index (χ0v) is 12.9. The van der Waals surface area contributed by atoms with E-state index in [1.807, 2.05) is 17.5 Å². The molecule has 2 aromatic heterocycles. The summed E-state index contributed by atoms with van der Waals surface area (Å²) < 4.78 is 5.13. The molecule has 3 nitrogen and oxygen atoms in total. The minimum atomic E-state index is -0.327. The summed E-state index contributed by atoms with van der Waals surface area (Å²) in [4.78, 5) is 14.3. The van der Waals surface area contributed by atoms with Crippen LogP contribution in [0, 0.1) is 0 Å². The average Bonchev–Trinajstić information content (AvgIpc) is 2.95. The van der Waals surface area contributed by atoms with Gasteiger partial charge in [-0.2, -0.15) is 0 Å². The van der Waals surface area contributed by atoms with Crippen molar-refractivity contribution in [2.75, 3.05) is 12.3 Å². The number of anilines is 1. The lowest BCUT2D eigenvalue weighted by atomic mass is 10.0. The maximum absolute atomic E-state index is 12.1. The van der Waals surface area contributed by atoms with Crippen LogP contribution in [0.3, 0.4) is 0 Å². The fraction of sp³-hybridized carbons (Fsp3) is 0.357. The molecular formula is C14H17NO2S2. The van der Waals surface area contributed by atoms with Gasteiger partial charge in [-0.3, -0.25) is 0 Å². The maximum Gasteiger partial charge on any atom is 0.341 e. The van der Waals surface area contributed by atoms with Crippen molar-refractivity contribution < 1.29 is 9.53 Å². The summed E-state index contributed by atoms with van der Waals surface area (Å²) in [6.07, 6.45) is 0. The smallest absolute Gasteiger partial charge is 0.341 e. The molecule has 19 heavy (non-hydrogen) atoms. The van der Waals surface area contributed by atoms with Gasteiger partial charge in [-0.25, -0.2) is 4.79 Å². The standard InChI is InChI=1S/C14H17NO2S2/c1-4-17-14(16)11-10(9-6-5-7-18-9)12(8(2)3)19-13(11)15/h5-8H,4,15H2,1-3H3. The Morgan fingerprint density at radius 1 is 1.47 bits per heavy atom. The van der Waals surface area contributed by atoms with Gasteiger partial charge < -0.3 is 10.5 Å². The summed E-state index contributed by atoms with van der Waals surface area (Å²) in [5, 5.41) is 2.55. The van der Waals surface area contributed by atoms with Crippen LogP contribution in [0.25, 0.3) is 10.4 Å². The van der Waals surface area contributed by atoms with Crippen LogP contribution in [0.2, 0.25) is 0 Å². The van der Waals surface area contributed by atoms with Crippen LogP contribution in [0.5, 0.6) is 0 Å². The van der Waals surface area contributed by atoms with Gasteiger partial charge in [-0.1, -0.05) is 19.9 Å². The van der Waals surface area contributed by atoms with Gasteiger partial charge in [0.05, 0.1) is 6.61 Å². The largest absolute Gasteiger partial charge is 0.462 e. The third-order valence-corrected chi connectivity index (χ3v) is 4.94. The third kappa shape index (κ3) is 2.67. The first-order valence-corrected chi connectivity index (χ1v) is 7.89. The normalized spacial score (nSPS) is 10.9. The van der Waals surface area contributed by atoms with Crippen molar-refractivity contribution >= 4 is 33.6 Å². The minimum Gasteiger partial charge on any atom is -0.462 e. The Hall–Kier alpha value is -1.33. The molecule has 5 heteroatoms. The Kier molecular flexibility index (Phi) is 4.27. The van der Waals surface area contributed by atoms with Gasteiger partial charge in [-0.15, -0.1) is 22.7 Å². The van der Waals surface area contributed by atoms with Crippen molar-refractivity contribution in [3.63, 3.8) is 0 Å². The highest BCUT2D eigenvalue weighted by Crippen LogP contribution is 2.44. The van der Waals surface area contributed by atoms with Gasteiger partial charge in [-0.05, 0) is 24.3 Å². The second kappa shape index (κ2) is 5.75. The van der Waals surface area contributed by atoms with Crippen LogP contribution in [0.15, 0.2) is 17.5 Å². The molecule has 0 radical (unpaired) electrons. The van der Waals surface area contributed by atoms with Crippen molar-refractivity contribution in [1.29, 1.82) is 0 Å². The van der Waals surface area contributed by atoms with E-state index in [0.717, 1.165) is 15.3 Å². The Bertz CT molecular complexity index is 571. The van der Waals surface area contributed by atoms with Crippen LogP contribution in [-0.2, 0) is 4.74 Å². The number of carbonyl (C=O) groups is 1. The van der Waals surface area contributed by atoms with Crippen molar-refractivity contribution in [1.82, 2.24) is 0 Å². The monoisotopic (exact) mass is 295 g/mol. The molecule has 2 aromatic rings. The van der Waals surface area contributed by atoms with Gasteiger partial charge in [0.1, 0.15) is 10.6 Å². The number of ether oxygens (including phenoxy) is 1. The fourth-order valence-corrected chi connectivity index (χ4v) is 3.87. The first kappa shape index (κ1) is 14.1. The number of nitrogens with two attached hydrogens (primary N) is 1. The van der Waals surface area contributed by atoms with Crippen LogP contribution < -0.4 is 5.73 Å². The van der Waals surface area contributed by atoms with Crippen LogP contribution in [-0.4, -0.2) is 12.6 Å². The number of nitrogen functional groups attached to an aromatic ring is 1. The first-order chi connectivity index (χ1) is 9.06. The quantitative estimate of drug-likeness (QED) is 0.853. The molecule has 0 amide bonds. The number of hydrogen-bond donors (Lipinski definition) is 1. The molecule has 0 unspecified atom stereocenters. The number of hydrogen-bond acceptors (Lipinski definition) is 5. The fourth-order valence-electron chi connectivity index (χ4n) is 1.94. The summed E-state index contributed by atoms with van der Waals surface area (Å²) in [6, 6.07) is 3.99. The SMILES string of the molecule is CCOC(=O)c1c(N)sc(C(C)C)c1-c1cccs1. The molecule has 0 fully saturated rings. The molecule has 2 heterocycles. The third-order valence-electron chi connectivity index (χ3n) is 2.73. The summed E-state index contributed by atoms with van der Waals surface area (Å²) in [5.41, 5.74) is 7.52. The summed E-state index contributed by atoms with van der Waals surface area (Å²) in [5.74, 6) is -0.000809. The minimum absolute atomic E-state index is 0.326. The maximum atomic E-state index is 12.1. The van der Waals surface area contributed by atoms with Gasteiger partial charge in [0, 0.05) is 15.3 Å². The lowest BCUT2D eigenvalue weighted by Gasteiger charge is -2.08. The van der Waals surface area contributed by atoms with Crippen molar-refractivity contribution in [3.05, 3.63) is 28.0 Å². The molecule has 2 rings (SSSR count). The number of esters is 1. The van der Waals surface area contributed by atoms with Gasteiger partial charge in [0.25, 0.3) is 0 Å². The molecule has 0 aliphatic carbocycles. The Morgan fingerprint density at radius 3 is 2.74 bits per heavy atom. The van der Waals surface area contributed by atoms with Gasteiger partial charge in [0.15, 0.2) is 0 Å². The Morgan fingerprint density at radius 2 is 2.21 bits per heavy atom. The van der Waals surface area contributed by atoms with E-state index in [0.29, 0.717) is 23.1 Å². The van der Waals surface area contributed by atoms with Crippen LogP contribution in [0.1, 0.15) is 41.9 Å². The molecule has 0 saturated heterocycles. The van der Waals surface area contributed by atoms with Gasteiger partial charge >= 0.3 is 5.97 Å². The highest BCUT2D eigenvalue weighted by Gasteiger charge is 2.26. The predicted octanol–water partition coefficient (Wildman–Crippen LogP) is 4.36. The highest BCUT2D eigenvalue weighted by atomic mass is 32.1. The first-order valence-electron chi connectivity index (χ1n) is 6.19. The number of thiophene rings is 2. The molecule has 0 bridgehead atoms. The molecule has 2 N–H and O–H groups in total. The van der Waals surface area contributed by atoms with Crippen molar-refractivity contribution in [2.45, 2.75) is 26.7 Å². The van der Waals surface area contributed by atoms with E-state index < -0.39 is 0 Å². The number of carbonyl (C=O) groups excluding carboxylic acids is 1. The molecule has 0 atom stereocenters. The number of rotatable bonds is 4. The van der Waals surface area contributed by atoms with Crippen molar-refractivity contribution in [3.8, 4) is 10.4 Å². The van der Waals surface area contributed by atoms with E-state index in [1.165, 1.54) is 11.3 Å². The molecule has 0 aromatic carbocycles. The lowest BCUT2D eigenvalue weighted by molar-refractivity contribution is 0.0529. The summed E-state index contributed by atoms with van der Waals surface area (Å²) >= 11 is 3.10. The molecule has 0 aliphatic heterocycles. The molecule has 0 spiro atoms. The van der Waals surface area contributed by atoms with E-state index in [9.17, 15) is 4.79 Å². The molecule has 0 aliphatic rings. The van der Waals surface area contributed by atoms with Crippen molar-refractivity contribution in [2.24, 2.45) is 0 Å². The topological polar surface area (TPSA) is 52.3 Å². The second-order valence-corrected chi connectivity index (χ2v) is 6.46. The Labute approximate surface area is 121 Å². The van der Waals surface area contributed by atoms with E-state index in [2.05, 4.69) is 13.8 Å². The van der Waals surface area contributed by atoms with E-state index >= 15 is 0 Å². The van der Waals surface area contributed by atoms with E-state index in [-0.39, 0.29) is 5.97 Å². The molecule has 102 valence electrons. The predicted molar refractivity (Wildman–Crippen MR) is 82.1 cm³/mol. The Balaban J connectivity index is 2.62. The second-order valence-electron chi connectivity index (χ2n) is 4.43. The molecular weight excluding hydrogens is 278 g/mol. The summed E-state index contributed by atoms with van der Waals surface area (Å²) in [7, 11) is 0. The zero-order chi connectivity index (χ0) is 14.0. The zero-order valence-electron chi connectivity index (χ0n) is 11.2. The summed E-state index contributed by atoms with van der Waals surface area (Å²) in [6.45, 7) is 6.37. The average molecular weight is 295 g/mol. The van der Waals surface area contributed by atoms with E-state index in [4.69, 9.17) is 10.5 Å². The van der Waals surface area contributed by atoms with Crippen LogP contribution >= 0.6 is 22.7 Å². The molecule has 0 saturated carbocycles. The van der Waals surface area contributed by atoms with E-state index in [1.54, 1.807) is 18.3 Å². The van der Waals surface area contributed by atoms with Gasteiger partial charge in [0.2, 0.25) is 0 Å². The lowest BCUT2D eigenvalue weighted by Crippen LogP contribution is -2.07.